The van der Waals surface area contributed by atoms with E-state index in [4.69, 9.17) is 10.2 Å². The van der Waals surface area contributed by atoms with Crippen molar-refractivity contribution >= 4 is 29.5 Å². The fraction of sp³-hybridized carbons (Fsp3) is 0. The Kier molecular flexibility index (Phi) is 4.70. The van der Waals surface area contributed by atoms with E-state index in [1.54, 1.807) is 18.1 Å². The molecule has 0 aliphatic carbocycles. The van der Waals surface area contributed by atoms with E-state index in [1.807, 2.05) is 24.3 Å². The molecule has 0 unspecified atom stereocenters. The number of carboxylic acid groups (broad SMARTS) is 1. The largest absolute Gasteiger partial charge is 0.507 e. The van der Waals surface area contributed by atoms with Crippen molar-refractivity contribution in [3.05, 3.63) is 59.8 Å². The highest BCUT2D eigenvalue weighted by molar-refractivity contribution is 5.98. The molecule has 1 aliphatic heterocycles. The molecule has 0 amide bonds. The number of allylic oxidation sites excluding steroid dienone is 1. The summed E-state index contributed by atoms with van der Waals surface area (Å²) >= 11 is 0. The molecular formula is C16H12N2O4. The second kappa shape index (κ2) is 6.88. The maximum atomic E-state index is 10.3. The van der Waals surface area contributed by atoms with Crippen molar-refractivity contribution in [2.75, 3.05) is 5.32 Å². The SMILES string of the molecule is O=C(O)c1ccccc1O.O=C=C1C=Nc2ccccc2N1. The molecule has 0 saturated heterocycles. The number of phenols is 1. The lowest BCUT2D eigenvalue weighted by atomic mass is 10.2. The van der Waals surface area contributed by atoms with Crippen molar-refractivity contribution in [3.63, 3.8) is 0 Å². The average molecular weight is 296 g/mol. The van der Waals surface area contributed by atoms with E-state index < -0.39 is 5.97 Å². The van der Waals surface area contributed by atoms with E-state index in [9.17, 15) is 9.59 Å². The van der Waals surface area contributed by atoms with Gasteiger partial charge in [0, 0.05) is 0 Å². The van der Waals surface area contributed by atoms with Crippen molar-refractivity contribution in [1.82, 2.24) is 0 Å². The normalized spacial score (nSPS) is 11.4. The van der Waals surface area contributed by atoms with Gasteiger partial charge in [0.25, 0.3) is 0 Å². The number of hydrogen-bond acceptors (Lipinski definition) is 5. The Labute approximate surface area is 126 Å². The smallest absolute Gasteiger partial charge is 0.339 e. The number of para-hydroxylation sites is 3. The molecule has 0 atom stereocenters. The van der Waals surface area contributed by atoms with Crippen molar-refractivity contribution in [2.45, 2.75) is 0 Å². The number of carbonyl (C=O) groups excluding carboxylic acids is 1. The molecule has 0 spiro atoms. The molecule has 6 heteroatoms. The van der Waals surface area contributed by atoms with Gasteiger partial charge in [0.2, 0.25) is 0 Å². The van der Waals surface area contributed by atoms with Gasteiger partial charge in [-0.15, -0.1) is 0 Å². The predicted molar refractivity (Wildman–Crippen MR) is 82.5 cm³/mol. The van der Waals surface area contributed by atoms with E-state index in [2.05, 4.69) is 10.3 Å². The summed E-state index contributed by atoms with van der Waals surface area (Å²) in [5.74, 6) is 0.439. The zero-order chi connectivity index (χ0) is 15.9. The summed E-state index contributed by atoms with van der Waals surface area (Å²) in [5, 5.41) is 20.2. The van der Waals surface area contributed by atoms with Crippen LogP contribution >= 0.6 is 0 Å². The Balaban J connectivity index is 0.000000164. The summed E-state index contributed by atoms with van der Waals surface area (Å²) in [6.07, 6.45) is 1.47. The third-order valence-electron chi connectivity index (χ3n) is 2.75. The monoisotopic (exact) mass is 296 g/mol. The molecule has 110 valence electrons. The molecule has 3 N–H and O–H groups in total. The van der Waals surface area contributed by atoms with Crippen molar-refractivity contribution < 1.29 is 19.8 Å². The minimum Gasteiger partial charge on any atom is -0.507 e. The Morgan fingerprint density at radius 1 is 1.09 bits per heavy atom. The van der Waals surface area contributed by atoms with Gasteiger partial charge in [0.1, 0.15) is 17.0 Å². The summed E-state index contributed by atoms with van der Waals surface area (Å²) < 4.78 is 0. The lowest BCUT2D eigenvalue weighted by Crippen LogP contribution is -2.05. The van der Waals surface area contributed by atoms with Crippen molar-refractivity contribution in [2.24, 2.45) is 4.99 Å². The Hall–Kier alpha value is -3.37. The second-order valence-corrected chi connectivity index (χ2v) is 4.24. The first kappa shape index (κ1) is 15.0. The zero-order valence-electron chi connectivity index (χ0n) is 11.4. The highest BCUT2D eigenvalue weighted by atomic mass is 16.4. The number of aliphatic imine (C=N–C) groups is 1. The number of hydrogen-bond donors (Lipinski definition) is 3. The minimum atomic E-state index is -1.11. The average Bonchev–Trinajstić information content (AvgIpc) is 2.55. The first-order valence-electron chi connectivity index (χ1n) is 6.28. The van der Waals surface area contributed by atoms with E-state index >= 15 is 0 Å². The predicted octanol–water partition coefficient (Wildman–Crippen LogP) is 2.62. The summed E-state index contributed by atoms with van der Waals surface area (Å²) in [4.78, 5) is 24.6. The molecule has 2 aromatic carbocycles. The Morgan fingerprint density at radius 2 is 1.77 bits per heavy atom. The maximum Gasteiger partial charge on any atom is 0.339 e. The number of nitrogens with one attached hydrogen (secondary N) is 1. The molecule has 6 nitrogen and oxygen atoms in total. The molecule has 3 rings (SSSR count). The van der Waals surface area contributed by atoms with Gasteiger partial charge in [-0.25, -0.2) is 9.59 Å². The van der Waals surface area contributed by atoms with Crippen molar-refractivity contribution in [3.8, 4) is 5.75 Å². The van der Waals surface area contributed by atoms with E-state index in [0.29, 0.717) is 5.70 Å². The number of nitrogens with zero attached hydrogens (tertiary/aromatic N) is 1. The number of anilines is 1. The molecule has 2 aromatic rings. The fourth-order valence-corrected chi connectivity index (χ4v) is 1.71. The first-order chi connectivity index (χ1) is 10.6. The maximum absolute atomic E-state index is 10.3. The highest BCUT2D eigenvalue weighted by Crippen LogP contribution is 2.27. The number of aromatic carboxylic acids is 1. The van der Waals surface area contributed by atoms with Crippen LogP contribution in [-0.4, -0.2) is 28.3 Å². The Bertz CT molecular complexity index is 777. The number of carbonyl (C=O) groups is 1. The highest BCUT2D eigenvalue weighted by Gasteiger charge is 2.06. The van der Waals surface area contributed by atoms with Crippen LogP contribution in [0.4, 0.5) is 11.4 Å². The molecule has 0 bridgehead atoms. The summed E-state index contributed by atoms with van der Waals surface area (Å²) in [6.45, 7) is 0. The van der Waals surface area contributed by atoms with Crippen LogP contribution in [0.25, 0.3) is 0 Å². The van der Waals surface area contributed by atoms with E-state index in [1.165, 1.54) is 18.3 Å². The van der Waals surface area contributed by atoms with Gasteiger partial charge in [-0.1, -0.05) is 24.3 Å². The van der Waals surface area contributed by atoms with Crippen LogP contribution in [0.15, 0.2) is 59.2 Å². The molecule has 0 radical (unpaired) electrons. The van der Waals surface area contributed by atoms with Crippen LogP contribution in [-0.2, 0) is 4.79 Å². The third-order valence-corrected chi connectivity index (χ3v) is 2.75. The van der Waals surface area contributed by atoms with Crippen LogP contribution in [0.2, 0.25) is 0 Å². The molecule has 0 aromatic heterocycles. The van der Waals surface area contributed by atoms with Crippen LogP contribution in [0.5, 0.6) is 5.75 Å². The van der Waals surface area contributed by atoms with Crippen LogP contribution in [0.1, 0.15) is 10.4 Å². The van der Waals surface area contributed by atoms with E-state index in [0.717, 1.165) is 11.4 Å². The number of aromatic hydroxyl groups is 1. The summed E-state index contributed by atoms with van der Waals surface area (Å²) in [5.41, 5.74) is 1.99. The second-order valence-electron chi connectivity index (χ2n) is 4.24. The number of rotatable bonds is 1. The summed E-state index contributed by atoms with van der Waals surface area (Å²) in [7, 11) is 0. The van der Waals surface area contributed by atoms with Gasteiger partial charge >= 0.3 is 5.97 Å². The lowest BCUT2D eigenvalue weighted by Gasteiger charge is -2.10. The van der Waals surface area contributed by atoms with Crippen LogP contribution in [0.3, 0.4) is 0 Å². The molecule has 22 heavy (non-hydrogen) atoms. The topological polar surface area (TPSA) is 99.0 Å². The molecule has 0 fully saturated rings. The minimum absolute atomic E-state index is 0.0671. The number of benzene rings is 2. The van der Waals surface area contributed by atoms with Crippen molar-refractivity contribution in [1.29, 1.82) is 0 Å². The molecule has 1 aliphatic rings. The quantitative estimate of drug-likeness (QED) is 0.702. The summed E-state index contributed by atoms with van der Waals surface area (Å²) in [6, 6.07) is 13.3. The lowest BCUT2D eigenvalue weighted by molar-refractivity contribution is 0.0693. The van der Waals surface area contributed by atoms with Gasteiger partial charge in [-0.3, -0.25) is 4.99 Å². The van der Waals surface area contributed by atoms with Gasteiger partial charge in [-0.2, -0.15) is 0 Å². The van der Waals surface area contributed by atoms with Crippen LogP contribution < -0.4 is 5.32 Å². The van der Waals surface area contributed by atoms with Gasteiger partial charge in [0.15, 0.2) is 5.94 Å². The Morgan fingerprint density at radius 3 is 2.41 bits per heavy atom. The zero-order valence-corrected chi connectivity index (χ0v) is 11.4. The van der Waals surface area contributed by atoms with Gasteiger partial charge < -0.3 is 15.5 Å². The fourth-order valence-electron chi connectivity index (χ4n) is 1.71. The molecule has 0 saturated carbocycles. The first-order valence-corrected chi connectivity index (χ1v) is 6.28. The third kappa shape index (κ3) is 3.59. The molecule has 1 heterocycles. The molecular weight excluding hydrogens is 284 g/mol. The van der Waals surface area contributed by atoms with Gasteiger partial charge in [-0.05, 0) is 24.3 Å². The van der Waals surface area contributed by atoms with Gasteiger partial charge in [0.05, 0.1) is 17.6 Å². The number of carboxylic acids is 1. The standard InChI is InChI=1S/C9H6N2O.C7H6O3/c12-6-7-5-10-8-3-1-2-4-9(8)11-7;8-6-4-2-1-3-5(6)7(9)10/h1-5,11H;1-4,8H,(H,9,10). The van der Waals surface area contributed by atoms with E-state index in [-0.39, 0.29) is 11.3 Å². The number of fused-ring (bicyclic) bond motifs is 1. The van der Waals surface area contributed by atoms with Crippen LogP contribution in [0, 0.1) is 0 Å².